The summed E-state index contributed by atoms with van der Waals surface area (Å²) in [5.41, 5.74) is 1.49. The van der Waals surface area contributed by atoms with Gasteiger partial charge >= 0.3 is 0 Å². The smallest absolute Gasteiger partial charge is 0.235 e. The van der Waals surface area contributed by atoms with E-state index in [1.807, 2.05) is 30.3 Å². The summed E-state index contributed by atoms with van der Waals surface area (Å²) >= 11 is 0. The Labute approximate surface area is 161 Å². The molecule has 1 saturated heterocycles. The van der Waals surface area contributed by atoms with Crippen molar-refractivity contribution < 1.29 is 4.79 Å². The molecule has 0 spiro atoms. The van der Waals surface area contributed by atoms with Crippen LogP contribution in [0.4, 0.5) is 11.5 Å². The Bertz CT molecular complexity index is 748. The Morgan fingerprint density at radius 2 is 1.74 bits per heavy atom. The number of pyridine rings is 1. The molecule has 1 saturated carbocycles. The maximum Gasteiger partial charge on any atom is 0.235 e. The minimum absolute atomic E-state index is 0.102. The summed E-state index contributed by atoms with van der Waals surface area (Å²) in [5, 5.41) is 6.50. The topological polar surface area (TPSA) is 57.3 Å². The molecule has 4 rings (SSSR count). The van der Waals surface area contributed by atoms with Gasteiger partial charge in [0.2, 0.25) is 5.91 Å². The van der Waals surface area contributed by atoms with E-state index in [4.69, 9.17) is 0 Å². The van der Waals surface area contributed by atoms with Crippen LogP contribution in [0.2, 0.25) is 0 Å². The largest absolute Gasteiger partial charge is 0.354 e. The minimum Gasteiger partial charge on any atom is -0.354 e. The first-order valence-electron chi connectivity index (χ1n) is 10.1. The van der Waals surface area contributed by atoms with E-state index in [9.17, 15) is 4.79 Å². The number of carbonyl (C=O) groups is 1. The maximum absolute atomic E-state index is 13.3. The van der Waals surface area contributed by atoms with Gasteiger partial charge in [-0.3, -0.25) is 4.79 Å². The van der Waals surface area contributed by atoms with Crippen molar-refractivity contribution in [2.45, 2.75) is 37.5 Å². The number of aromatic nitrogens is 1. The van der Waals surface area contributed by atoms with Gasteiger partial charge in [-0.1, -0.05) is 49.6 Å². The van der Waals surface area contributed by atoms with Crippen molar-refractivity contribution >= 4 is 17.4 Å². The molecule has 142 valence electrons. The van der Waals surface area contributed by atoms with Crippen LogP contribution in [0.5, 0.6) is 0 Å². The van der Waals surface area contributed by atoms with Crippen molar-refractivity contribution in [2.24, 2.45) is 0 Å². The Balaban J connectivity index is 1.51. The van der Waals surface area contributed by atoms with Crippen LogP contribution in [-0.2, 0) is 10.2 Å². The van der Waals surface area contributed by atoms with Crippen molar-refractivity contribution in [1.82, 2.24) is 10.3 Å². The summed E-state index contributed by atoms with van der Waals surface area (Å²) in [6, 6.07) is 14.2. The summed E-state index contributed by atoms with van der Waals surface area (Å²) in [7, 11) is 0. The van der Waals surface area contributed by atoms with E-state index in [1.165, 1.54) is 6.42 Å². The maximum atomic E-state index is 13.3. The van der Waals surface area contributed by atoms with Crippen LogP contribution in [-0.4, -0.2) is 37.1 Å². The summed E-state index contributed by atoms with van der Waals surface area (Å²) in [4.78, 5) is 20.2. The number of piperazine rings is 1. The minimum atomic E-state index is -0.420. The molecule has 2 heterocycles. The average molecular weight is 364 g/mol. The van der Waals surface area contributed by atoms with E-state index in [0.717, 1.165) is 68.9 Å². The second-order valence-corrected chi connectivity index (χ2v) is 7.61. The van der Waals surface area contributed by atoms with Gasteiger partial charge < -0.3 is 15.5 Å². The third-order valence-corrected chi connectivity index (χ3v) is 5.91. The van der Waals surface area contributed by atoms with Crippen molar-refractivity contribution in [3.63, 3.8) is 0 Å². The van der Waals surface area contributed by atoms with Gasteiger partial charge in [0.05, 0.1) is 17.3 Å². The summed E-state index contributed by atoms with van der Waals surface area (Å²) in [6.45, 7) is 3.91. The molecule has 1 aliphatic heterocycles. The van der Waals surface area contributed by atoms with E-state index in [-0.39, 0.29) is 5.91 Å². The second-order valence-electron chi connectivity index (χ2n) is 7.61. The second kappa shape index (κ2) is 8.09. The third-order valence-electron chi connectivity index (χ3n) is 5.91. The average Bonchev–Trinajstić information content (AvgIpc) is 2.76. The quantitative estimate of drug-likeness (QED) is 0.874. The molecule has 27 heavy (non-hydrogen) atoms. The number of carbonyl (C=O) groups excluding carboxylic acids is 1. The number of amides is 1. The number of nitrogens with zero attached hydrogens (tertiary/aromatic N) is 2. The van der Waals surface area contributed by atoms with E-state index in [0.29, 0.717) is 0 Å². The highest BCUT2D eigenvalue weighted by molar-refractivity contribution is 5.99. The molecule has 0 unspecified atom stereocenters. The molecule has 5 heteroatoms. The molecule has 1 amide bonds. The van der Waals surface area contributed by atoms with Gasteiger partial charge in [0.15, 0.2) is 0 Å². The lowest BCUT2D eigenvalue weighted by molar-refractivity contribution is -0.122. The lowest BCUT2D eigenvalue weighted by Gasteiger charge is -2.36. The van der Waals surface area contributed by atoms with Gasteiger partial charge in [-0.2, -0.15) is 0 Å². The Morgan fingerprint density at radius 1 is 1.00 bits per heavy atom. The van der Waals surface area contributed by atoms with E-state index >= 15 is 0 Å². The molecular formula is C22H28N4O. The van der Waals surface area contributed by atoms with Crippen molar-refractivity contribution in [3.8, 4) is 0 Å². The first kappa shape index (κ1) is 18.0. The zero-order chi connectivity index (χ0) is 18.5. The predicted molar refractivity (Wildman–Crippen MR) is 109 cm³/mol. The highest BCUT2D eigenvalue weighted by atomic mass is 16.2. The number of nitrogens with one attached hydrogen (secondary N) is 2. The van der Waals surface area contributed by atoms with Crippen molar-refractivity contribution in [1.29, 1.82) is 0 Å². The number of rotatable bonds is 4. The Morgan fingerprint density at radius 3 is 2.41 bits per heavy atom. The number of hydrogen-bond acceptors (Lipinski definition) is 4. The monoisotopic (exact) mass is 364 g/mol. The third kappa shape index (κ3) is 3.83. The first-order chi connectivity index (χ1) is 13.3. The summed E-state index contributed by atoms with van der Waals surface area (Å²) < 4.78 is 0. The van der Waals surface area contributed by atoms with Crippen LogP contribution < -0.4 is 15.5 Å². The molecule has 2 aliphatic rings. The van der Waals surface area contributed by atoms with Crippen LogP contribution >= 0.6 is 0 Å². The van der Waals surface area contributed by atoms with Crippen LogP contribution in [0.25, 0.3) is 0 Å². The fourth-order valence-corrected chi connectivity index (χ4v) is 4.35. The Hall–Kier alpha value is -2.40. The Kier molecular flexibility index (Phi) is 5.39. The molecule has 1 aromatic heterocycles. The zero-order valence-corrected chi connectivity index (χ0v) is 15.8. The highest BCUT2D eigenvalue weighted by Crippen LogP contribution is 2.40. The molecule has 2 fully saturated rings. The van der Waals surface area contributed by atoms with Crippen molar-refractivity contribution in [2.75, 3.05) is 36.4 Å². The molecule has 2 aromatic rings. The van der Waals surface area contributed by atoms with Crippen LogP contribution in [0.1, 0.15) is 37.7 Å². The number of benzene rings is 1. The fourth-order valence-electron chi connectivity index (χ4n) is 4.35. The molecule has 0 radical (unpaired) electrons. The van der Waals surface area contributed by atoms with E-state index in [2.05, 4.69) is 32.7 Å². The molecule has 5 nitrogen and oxygen atoms in total. The molecule has 0 atom stereocenters. The van der Waals surface area contributed by atoms with Gasteiger partial charge in [-0.05, 0) is 30.5 Å². The fraction of sp³-hybridized carbons (Fsp3) is 0.455. The molecule has 2 N–H and O–H groups in total. The van der Waals surface area contributed by atoms with Crippen LogP contribution in [0.15, 0.2) is 48.7 Å². The van der Waals surface area contributed by atoms with Gasteiger partial charge in [0.1, 0.15) is 5.82 Å². The van der Waals surface area contributed by atoms with E-state index < -0.39 is 5.41 Å². The zero-order valence-electron chi connectivity index (χ0n) is 15.8. The normalized spacial score (nSPS) is 19.5. The molecule has 1 aromatic carbocycles. The number of anilines is 2. The first-order valence-corrected chi connectivity index (χ1v) is 10.1. The summed E-state index contributed by atoms with van der Waals surface area (Å²) in [6.07, 6.45) is 7.02. The van der Waals surface area contributed by atoms with Gasteiger partial charge in [-0.15, -0.1) is 0 Å². The van der Waals surface area contributed by atoms with Gasteiger partial charge in [0, 0.05) is 26.2 Å². The van der Waals surface area contributed by atoms with Crippen molar-refractivity contribution in [3.05, 3.63) is 54.2 Å². The summed E-state index contributed by atoms with van der Waals surface area (Å²) in [5.74, 6) is 1.08. The van der Waals surface area contributed by atoms with Gasteiger partial charge in [0.25, 0.3) is 0 Å². The van der Waals surface area contributed by atoms with Crippen LogP contribution in [0, 0.1) is 0 Å². The van der Waals surface area contributed by atoms with Crippen LogP contribution in [0.3, 0.4) is 0 Å². The highest BCUT2D eigenvalue weighted by Gasteiger charge is 2.41. The number of hydrogen-bond donors (Lipinski definition) is 2. The predicted octanol–water partition coefficient (Wildman–Crippen LogP) is 3.33. The molecular weight excluding hydrogens is 336 g/mol. The standard InChI is InChI=1S/C22H28N4O/c27-21(22(11-5-2-6-12-22)18-7-3-1-4-8-18)25-19-9-10-20(24-17-19)26-15-13-23-14-16-26/h1,3-4,7-10,17,23H,2,5-6,11-16H2,(H,25,27). The van der Waals surface area contributed by atoms with Gasteiger partial charge in [-0.25, -0.2) is 4.98 Å². The lowest BCUT2D eigenvalue weighted by atomic mass is 9.68. The molecule has 1 aliphatic carbocycles. The van der Waals surface area contributed by atoms with E-state index in [1.54, 1.807) is 6.20 Å². The SMILES string of the molecule is O=C(Nc1ccc(N2CCNCC2)nc1)C1(c2ccccc2)CCCCC1. The molecule has 0 bridgehead atoms. The lowest BCUT2D eigenvalue weighted by Crippen LogP contribution is -2.44.